The minimum atomic E-state index is -0.249. The number of nitrogens with zero attached hydrogens (tertiary/aromatic N) is 1. The van der Waals surface area contributed by atoms with E-state index in [1.54, 1.807) is 12.1 Å². The summed E-state index contributed by atoms with van der Waals surface area (Å²) in [5, 5.41) is 0. The highest BCUT2D eigenvalue weighted by Crippen LogP contribution is 2.25. The predicted octanol–water partition coefficient (Wildman–Crippen LogP) is 3.23. The quantitative estimate of drug-likeness (QED) is 0.790. The van der Waals surface area contributed by atoms with E-state index in [4.69, 9.17) is 11.2 Å². The number of benzene rings is 2. The van der Waals surface area contributed by atoms with Gasteiger partial charge in [-0.25, -0.2) is 4.39 Å². The molecule has 3 rings (SSSR count). The number of aliphatic imine (C=N–C) groups is 1. The Morgan fingerprint density at radius 2 is 2.00 bits per heavy atom. The van der Waals surface area contributed by atoms with Crippen LogP contribution in [0.3, 0.4) is 0 Å². The molecular weight excluding hydrogens is 265 g/mol. The van der Waals surface area contributed by atoms with Gasteiger partial charge in [-0.15, -0.1) is 6.42 Å². The molecule has 0 aromatic heterocycles. The minimum absolute atomic E-state index is 0.238. The summed E-state index contributed by atoms with van der Waals surface area (Å²) in [5.41, 5.74) is 4.04. The highest BCUT2D eigenvalue weighted by molar-refractivity contribution is 6.14. The van der Waals surface area contributed by atoms with Crippen LogP contribution in [0.25, 0.3) is 0 Å². The van der Waals surface area contributed by atoms with Crippen molar-refractivity contribution in [3.05, 3.63) is 65.0 Å². The van der Waals surface area contributed by atoms with Crippen molar-refractivity contribution in [2.75, 3.05) is 13.2 Å². The van der Waals surface area contributed by atoms with Gasteiger partial charge in [0.1, 0.15) is 18.2 Å². The van der Waals surface area contributed by atoms with Gasteiger partial charge in [0, 0.05) is 17.7 Å². The van der Waals surface area contributed by atoms with Crippen LogP contribution >= 0.6 is 0 Å². The first-order valence-electron chi connectivity index (χ1n) is 6.78. The molecule has 2 nitrogen and oxygen atoms in total. The third kappa shape index (κ3) is 2.80. The maximum Gasteiger partial charge on any atom is 0.148 e. The van der Waals surface area contributed by atoms with Gasteiger partial charge in [-0.2, -0.15) is 0 Å². The van der Waals surface area contributed by atoms with Crippen LogP contribution in [0.2, 0.25) is 0 Å². The number of terminal acetylenes is 1. The van der Waals surface area contributed by atoms with Crippen molar-refractivity contribution < 1.29 is 9.13 Å². The summed E-state index contributed by atoms with van der Waals surface area (Å²) in [4.78, 5) is 4.59. The lowest BCUT2D eigenvalue weighted by Crippen LogP contribution is -2.14. The molecule has 0 bridgehead atoms. The van der Waals surface area contributed by atoms with Gasteiger partial charge in [-0.1, -0.05) is 12.0 Å². The highest BCUT2D eigenvalue weighted by atomic mass is 19.1. The number of fused-ring (bicyclic) bond motifs is 1. The fourth-order valence-electron chi connectivity index (χ4n) is 2.44. The third-order valence-electron chi connectivity index (χ3n) is 3.43. The van der Waals surface area contributed by atoms with E-state index < -0.39 is 0 Å². The summed E-state index contributed by atoms with van der Waals surface area (Å²) in [6.07, 6.45) is 6.11. The van der Waals surface area contributed by atoms with Crippen LogP contribution in [-0.4, -0.2) is 18.9 Å². The SMILES string of the molecule is C#CCOc1ccc2c(c1)C(c1ccc(F)cc1)=NCC2. The van der Waals surface area contributed by atoms with Crippen molar-refractivity contribution in [2.45, 2.75) is 6.42 Å². The molecule has 2 aromatic rings. The molecule has 104 valence electrons. The van der Waals surface area contributed by atoms with E-state index in [0.717, 1.165) is 35.6 Å². The molecule has 3 heteroatoms. The Labute approximate surface area is 123 Å². The summed E-state index contributed by atoms with van der Waals surface area (Å²) in [7, 11) is 0. The molecule has 0 radical (unpaired) electrons. The molecule has 0 saturated heterocycles. The molecule has 2 aromatic carbocycles. The summed E-state index contributed by atoms with van der Waals surface area (Å²) in [6.45, 7) is 0.978. The second-order valence-corrected chi connectivity index (χ2v) is 4.80. The van der Waals surface area contributed by atoms with Crippen molar-refractivity contribution in [1.29, 1.82) is 0 Å². The molecule has 0 aliphatic carbocycles. The lowest BCUT2D eigenvalue weighted by molar-refractivity contribution is 0.370. The number of halogens is 1. The van der Waals surface area contributed by atoms with Crippen LogP contribution < -0.4 is 4.74 Å². The van der Waals surface area contributed by atoms with E-state index in [0.29, 0.717) is 0 Å². The molecule has 21 heavy (non-hydrogen) atoms. The van der Waals surface area contributed by atoms with Crippen LogP contribution in [0, 0.1) is 18.2 Å². The van der Waals surface area contributed by atoms with Gasteiger partial charge in [0.2, 0.25) is 0 Å². The van der Waals surface area contributed by atoms with E-state index in [9.17, 15) is 4.39 Å². The number of hydrogen-bond donors (Lipinski definition) is 0. The van der Waals surface area contributed by atoms with Gasteiger partial charge in [0.15, 0.2) is 0 Å². The van der Waals surface area contributed by atoms with Crippen LogP contribution in [0.1, 0.15) is 16.7 Å². The average molecular weight is 279 g/mol. The first-order chi connectivity index (χ1) is 10.3. The lowest BCUT2D eigenvalue weighted by Gasteiger charge is -2.18. The van der Waals surface area contributed by atoms with E-state index in [-0.39, 0.29) is 12.4 Å². The van der Waals surface area contributed by atoms with E-state index in [1.807, 2.05) is 18.2 Å². The Morgan fingerprint density at radius 3 is 2.76 bits per heavy atom. The van der Waals surface area contributed by atoms with Crippen LogP contribution in [-0.2, 0) is 6.42 Å². The van der Waals surface area contributed by atoms with Gasteiger partial charge in [-0.3, -0.25) is 4.99 Å². The lowest BCUT2D eigenvalue weighted by atomic mass is 9.93. The van der Waals surface area contributed by atoms with E-state index in [2.05, 4.69) is 10.9 Å². The zero-order valence-corrected chi connectivity index (χ0v) is 11.5. The van der Waals surface area contributed by atoms with Crippen molar-refractivity contribution in [2.24, 2.45) is 4.99 Å². The maximum absolute atomic E-state index is 13.1. The summed E-state index contributed by atoms with van der Waals surface area (Å²) in [6, 6.07) is 12.3. The molecule has 0 saturated carbocycles. The normalized spacial score (nSPS) is 13.0. The van der Waals surface area contributed by atoms with Crippen LogP contribution in [0.5, 0.6) is 5.75 Å². The third-order valence-corrected chi connectivity index (χ3v) is 3.43. The van der Waals surface area contributed by atoms with Crippen LogP contribution in [0.15, 0.2) is 47.5 Å². The van der Waals surface area contributed by atoms with Crippen LogP contribution in [0.4, 0.5) is 4.39 Å². The maximum atomic E-state index is 13.1. The molecule has 1 aliphatic heterocycles. The smallest absolute Gasteiger partial charge is 0.148 e. The second kappa shape index (κ2) is 5.80. The molecule has 0 fully saturated rings. The van der Waals surface area contributed by atoms with Gasteiger partial charge in [0.05, 0.1) is 5.71 Å². The largest absolute Gasteiger partial charge is 0.481 e. The van der Waals surface area contributed by atoms with E-state index in [1.165, 1.54) is 17.7 Å². The van der Waals surface area contributed by atoms with Gasteiger partial charge < -0.3 is 4.74 Å². The molecular formula is C18H14FNO. The van der Waals surface area contributed by atoms with Gasteiger partial charge in [-0.05, 0) is 48.4 Å². The summed E-state index contributed by atoms with van der Waals surface area (Å²) in [5.74, 6) is 2.93. The fourth-order valence-corrected chi connectivity index (χ4v) is 2.44. The topological polar surface area (TPSA) is 21.6 Å². The second-order valence-electron chi connectivity index (χ2n) is 4.80. The zero-order chi connectivity index (χ0) is 14.7. The monoisotopic (exact) mass is 279 g/mol. The Hall–Kier alpha value is -2.60. The first kappa shape index (κ1) is 13.4. The number of hydrogen-bond acceptors (Lipinski definition) is 2. The molecule has 0 amide bonds. The summed E-state index contributed by atoms with van der Waals surface area (Å²) < 4.78 is 18.5. The highest BCUT2D eigenvalue weighted by Gasteiger charge is 2.16. The standard InChI is InChI=1S/C18H14FNO/c1-2-11-21-16-8-5-13-9-10-20-18(17(13)12-16)14-3-6-15(19)7-4-14/h1,3-8,12H,9-11H2. The van der Waals surface area contributed by atoms with Crippen molar-refractivity contribution >= 4 is 5.71 Å². The Bertz CT molecular complexity index is 726. The Balaban J connectivity index is 2.00. The fraction of sp³-hybridized carbons (Fsp3) is 0.167. The van der Waals surface area contributed by atoms with Gasteiger partial charge in [0.25, 0.3) is 0 Å². The molecule has 1 heterocycles. The Morgan fingerprint density at radius 1 is 1.19 bits per heavy atom. The van der Waals surface area contributed by atoms with Crippen molar-refractivity contribution in [1.82, 2.24) is 0 Å². The Kier molecular flexibility index (Phi) is 3.70. The molecule has 1 aliphatic rings. The minimum Gasteiger partial charge on any atom is -0.481 e. The summed E-state index contributed by atoms with van der Waals surface area (Å²) >= 11 is 0. The molecule has 0 unspecified atom stereocenters. The van der Waals surface area contributed by atoms with Crippen molar-refractivity contribution in [3.8, 4) is 18.1 Å². The number of ether oxygens (including phenoxy) is 1. The molecule has 0 spiro atoms. The van der Waals surface area contributed by atoms with Gasteiger partial charge >= 0.3 is 0 Å². The molecule has 0 atom stereocenters. The van der Waals surface area contributed by atoms with E-state index >= 15 is 0 Å². The first-order valence-corrected chi connectivity index (χ1v) is 6.78. The average Bonchev–Trinajstić information content (AvgIpc) is 2.53. The number of rotatable bonds is 3. The molecule has 0 N–H and O–H groups in total. The predicted molar refractivity (Wildman–Crippen MR) is 81.4 cm³/mol. The zero-order valence-electron chi connectivity index (χ0n) is 11.5. The van der Waals surface area contributed by atoms with Crippen molar-refractivity contribution in [3.63, 3.8) is 0 Å².